The molecule has 150 valence electrons. The van der Waals surface area contributed by atoms with Gasteiger partial charge in [0.25, 0.3) is 0 Å². The summed E-state index contributed by atoms with van der Waals surface area (Å²) in [6.45, 7) is 2.28. The van der Waals surface area contributed by atoms with E-state index in [0.29, 0.717) is 17.2 Å². The van der Waals surface area contributed by atoms with Crippen molar-refractivity contribution in [1.29, 1.82) is 0 Å². The van der Waals surface area contributed by atoms with Crippen LogP contribution in [0.2, 0.25) is 0 Å². The number of thiophene rings is 1. The summed E-state index contributed by atoms with van der Waals surface area (Å²) in [6, 6.07) is 6.81. The second-order valence-corrected chi connectivity index (χ2v) is 9.13. The lowest BCUT2D eigenvalue weighted by atomic mass is 9.89. The third kappa shape index (κ3) is 4.13. The molecule has 0 saturated carbocycles. The van der Waals surface area contributed by atoms with E-state index in [4.69, 9.17) is 4.74 Å². The molecular weight excluding hydrogens is 406 g/mol. The van der Waals surface area contributed by atoms with E-state index in [1.54, 1.807) is 41.9 Å². The van der Waals surface area contributed by atoms with E-state index in [1.165, 1.54) is 35.7 Å². The van der Waals surface area contributed by atoms with Crippen LogP contribution in [0.4, 0.5) is 5.69 Å². The van der Waals surface area contributed by atoms with E-state index < -0.39 is 5.97 Å². The zero-order chi connectivity index (χ0) is 20.4. The summed E-state index contributed by atoms with van der Waals surface area (Å²) in [5.41, 5.74) is 2.13. The minimum absolute atomic E-state index is 0.197. The Bertz CT molecular complexity index is 1080. The number of para-hydroxylation sites is 1. The molecule has 2 aromatic heterocycles. The van der Waals surface area contributed by atoms with Crippen molar-refractivity contribution in [3.05, 3.63) is 46.6 Å². The average molecular weight is 428 g/mol. The van der Waals surface area contributed by atoms with Crippen LogP contribution in [-0.4, -0.2) is 34.7 Å². The third-order valence-corrected chi connectivity index (χ3v) is 7.16. The molecule has 0 fully saturated rings. The summed E-state index contributed by atoms with van der Waals surface area (Å²) in [5, 5.41) is 4.75. The number of benzene rings is 1. The number of carbonyl (C=O) groups excluding carboxylic acids is 2. The lowest BCUT2D eigenvalue weighted by Crippen LogP contribution is -2.17. The van der Waals surface area contributed by atoms with Gasteiger partial charge in [0.15, 0.2) is 0 Å². The quantitative estimate of drug-likeness (QED) is 0.371. The fraction of sp³-hybridized carbons (Fsp3) is 0.333. The number of nitrogens with one attached hydrogen (secondary N) is 1. The van der Waals surface area contributed by atoms with E-state index in [9.17, 15) is 9.59 Å². The van der Waals surface area contributed by atoms with Crippen molar-refractivity contribution in [3.8, 4) is 0 Å². The number of thioether (sulfide) groups is 1. The summed E-state index contributed by atoms with van der Waals surface area (Å²) in [4.78, 5) is 35.7. The van der Waals surface area contributed by atoms with Crippen LogP contribution in [-0.2, 0) is 22.4 Å². The molecule has 0 aliphatic heterocycles. The standard InChI is InChI=1S/C21H21N3O3S2/c1-12-7-8-14-16(9-12)29-20-18(14)19(22-11-23-20)28-10-17(25)24-15-6-4-3-5-13(15)21(26)27-2/h3-6,11-12H,7-10H2,1-2H3,(H,24,25). The van der Waals surface area contributed by atoms with Gasteiger partial charge in [-0.1, -0.05) is 30.8 Å². The van der Waals surface area contributed by atoms with E-state index in [2.05, 4.69) is 22.2 Å². The average Bonchev–Trinajstić information content (AvgIpc) is 3.10. The number of aromatic nitrogens is 2. The number of rotatable bonds is 5. The molecule has 0 spiro atoms. The highest BCUT2D eigenvalue weighted by Crippen LogP contribution is 2.40. The van der Waals surface area contributed by atoms with Crippen molar-refractivity contribution in [2.45, 2.75) is 31.2 Å². The van der Waals surface area contributed by atoms with E-state index in [-0.39, 0.29) is 11.7 Å². The van der Waals surface area contributed by atoms with Gasteiger partial charge in [-0.3, -0.25) is 4.79 Å². The molecule has 1 aliphatic rings. The first-order chi connectivity index (χ1) is 14.1. The van der Waals surface area contributed by atoms with Crippen molar-refractivity contribution in [1.82, 2.24) is 9.97 Å². The molecule has 0 bridgehead atoms. The van der Waals surface area contributed by atoms with Crippen molar-refractivity contribution >= 4 is 50.9 Å². The molecule has 29 heavy (non-hydrogen) atoms. The number of hydrogen-bond acceptors (Lipinski definition) is 7. The van der Waals surface area contributed by atoms with Crippen molar-refractivity contribution in [2.24, 2.45) is 5.92 Å². The summed E-state index contributed by atoms with van der Waals surface area (Å²) in [7, 11) is 1.32. The van der Waals surface area contributed by atoms with Crippen LogP contribution in [0.1, 0.15) is 34.1 Å². The Morgan fingerprint density at radius 3 is 2.97 bits per heavy atom. The zero-order valence-corrected chi connectivity index (χ0v) is 17.9. The van der Waals surface area contributed by atoms with Crippen LogP contribution in [0, 0.1) is 5.92 Å². The second kappa shape index (κ2) is 8.51. The third-order valence-electron chi connectivity index (χ3n) is 5.00. The van der Waals surface area contributed by atoms with Crippen LogP contribution in [0.3, 0.4) is 0 Å². The van der Waals surface area contributed by atoms with Gasteiger partial charge in [0.05, 0.1) is 24.1 Å². The van der Waals surface area contributed by atoms with E-state index >= 15 is 0 Å². The maximum absolute atomic E-state index is 12.5. The topological polar surface area (TPSA) is 81.2 Å². The van der Waals surface area contributed by atoms with Crippen LogP contribution in [0.5, 0.6) is 0 Å². The van der Waals surface area contributed by atoms with Crippen molar-refractivity contribution in [2.75, 3.05) is 18.2 Å². The van der Waals surface area contributed by atoms with Crippen LogP contribution >= 0.6 is 23.1 Å². The van der Waals surface area contributed by atoms with Gasteiger partial charge in [0, 0.05) is 10.3 Å². The monoisotopic (exact) mass is 427 g/mol. The van der Waals surface area contributed by atoms with Crippen molar-refractivity contribution < 1.29 is 14.3 Å². The first-order valence-electron chi connectivity index (χ1n) is 9.42. The van der Waals surface area contributed by atoms with Gasteiger partial charge in [0.1, 0.15) is 16.2 Å². The fourth-order valence-corrected chi connectivity index (χ4v) is 5.80. The van der Waals surface area contributed by atoms with Gasteiger partial charge >= 0.3 is 5.97 Å². The zero-order valence-electron chi connectivity index (χ0n) is 16.2. The molecule has 0 radical (unpaired) electrons. The summed E-state index contributed by atoms with van der Waals surface area (Å²) in [5.74, 6) is 0.212. The highest BCUT2D eigenvalue weighted by Gasteiger charge is 2.23. The summed E-state index contributed by atoms with van der Waals surface area (Å²) in [6.07, 6.45) is 4.87. The van der Waals surface area contributed by atoms with Gasteiger partial charge in [0.2, 0.25) is 5.91 Å². The molecule has 8 heteroatoms. The molecule has 1 unspecified atom stereocenters. The Labute approximate surface area is 177 Å². The number of hydrogen-bond donors (Lipinski definition) is 1. The Hall–Kier alpha value is -2.45. The Morgan fingerprint density at radius 2 is 2.14 bits per heavy atom. The second-order valence-electron chi connectivity index (χ2n) is 7.08. The molecule has 4 rings (SSSR count). The largest absolute Gasteiger partial charge is 0.465 e. The molecule has 0 saturated heterocycles. The number of amides is 1. The van der Waals surface area contributed by atoms with Gasteiger partial charge in [-0.2, -0.15) is 0 Å². The Balaban J connectivity index is 1.51. The maximum Gasteiger partial charge on any atom is 0.339 e. The number of nitrogens with zero attached hydrogens (tertiary/aromatic N) is 2. The normalized spacial score (nSPS) is 15.7. The SMILES string of the molecule is COC(=O)c1ccccc1NC(=O)CSc1ncnc2sc3c(c12)CCC(C)C3. The lowest BCUT2D eigenvalue weighted by Gasteiger charge is -2.18. The van der Waals surface area contributed by atoms with Crippen LogP contribution in [0.25, 0.3) is 10.2 Å². The van der Waals surface area contributed by atoms with Crippen LogP contribution < -0.4 is 5.32 Å². The number of aryl methyl sites for hydroxylation is 1. The van der Waals surface area contributed by atoms with Gasteiger partial charge in [-0.25, -0.2) is 14.8 Å². The van der Waals surface area contributed by atoms with Crippen LogP contribution in [0.15, 0.2) is 35.6 Å². The predicted molar refractivity (Wildman–Crippen MR) is 116 cm³/mol. The van der Waals surface area contributed by atoms with Crippen molar-refractivity contribution in [3.63, 3.8) is 0 Å². The summed E-state index contributed by atoms with van der Waals surface area (Å²) < 4.78 is 4.78. The van der Waals surface area contributed by atoms with Gasteiger partial charge in [-0.15, -0.1) is 11.3 Å². The summed E-state index contributed by atoms with van der Waals surface area (Å²) >= 11 is 3.15. The number of methoxy groups -OCH3 is 1. The molecule has 1 atom stereocenters. The number of ether oxygens (including phenoxy) is 1. The smallest absolute Gasteiger partial charge is 0.339 e. The molecule has 3 aromatic rings. The van der Waals surface area contributed by atoms with E-state index in [0.717, 1.165) is 28.1 Å². The van der Waals surface area contributed by atoms with Gasteiger partial charge < -0.3 is 10.1 Å². The minimum Gasteiger partial charge on any atom is -0.465 e. The predicted octanol–water partition coefficient (Wildman–Crippen LogP) is 4.33. The molecule has 6 nitrogen and oxygen atoms in total. The molecule has 1 amide bonds. The van der Waals surface area contributed by atoms with Gasteiger partial charge in [-0.05, 0) is 42.9 Å². The lowest BCUT2D eigenvalue weighted by molar-refractivity contribution is -0.113. The molecular formula is C21H21N3O3S2. The number of esters is 1. The number of anilines is 1. The molecule has 1 aliphatic carbocycles. The Morgan fingerprint density at radius 1 is 1.31 bits per heavy atom. The highest BCUT2D eigenvalue weighted by atomic mass is 32.2. The number of carbonyl (C=O) groups is 2. The molecule has 1 N–H and O–H groups in total. The minimum atomic E-state index is -0.481. The fourth-order valence-electron chi connectivity index (χ4n) is 3.56. The molecule has 1 aromatic carbocycles. The number of fused-ring (bicyclic) bond motifs is 3. The first kappa shape index (κ1) is 19.8. The first-order valence-corrected chi connectivity index (χ1v) is 11.2. The highest BCUT2D eigenvalue weighted by molar-refractivity contribution is 8.00. The maximum atomic E-state index is 12.5. The van der Waals surface area contributed by atoms with E-state index in [1.807, 2.05) is 0 Å². The molecule has 2 heterocycles. The Kier molecular flexibility index (Phi) is 5.82.